The molecule has 3 N–H and O–H groups in total. The van der Waals surface area contributed by atoms with E-state index in [0.717, 1.165) is 29.0 Å². The predicted octanol–water partition coefficient (Wildman–Crippen LogP) is 2.54. The number of hydrogen-bond acceptors (Lipinski definition) is 3. The van der Waals surface area contributed by atoms with Crippen molar-refractivity contribution in [3.05, 3.63) is 66.0 Å². The molecule has 27 heavy (non-hydrogen) atoms. The van der Waals surface area contributed by atoms with Crippen molar-refractivity contribution in [2.75, 3.05) is 13.1 Å². The lowest BCUT2D eigenvalue weighted by Crippen LogP contribution is -2.44. The van der Waals surface area contributed by atoms with Gasteiger partial charge >= 0.3 is 0 Å². The van der Waals surface area contributed by atoms with Crippen LogP contribution in [0.15, 0.2) is 59.6 Å². The van der Waals surface area contributed by atoms with Gasteiger partial charge in [0.25, 0.3) is 0 Å². The summed E-state index contributed by atoms with van der Waals surface area (Å²) in [6.45, 7) is 5.35. The van der Waals surface area contributed by atoms with E-state index in [4.69, 9.17) is 0 Å². The maximum absolute atomic E-state index is 10.8. The average molecular weight is 365 g/mol. The number of aromatic nitrogens is 2. The van der Waals surface area contributed by atoms with E-state index in [-0.39, 0.29) is 0 Å². The lowest BCUT2D eigenvalue weighted by Gasteiger charge is -2.25. The maximum Gasteiger partial charge on any atom is 0.191 e. The monoisotopic (exact) mass is 365 g/mol. The number of nitrogens with one attached hydrogen (secondary N) is 2. The van der Waals surface area contributed by atoms with E-state index in [2.05, 4.69) is 31.2 Å². The molecule has 6 heteroatoms. The van der Waals surface area contributed by atoms with Crippen LogP contribution < -0.4 is 10.6 Å². The summed E-state index contributed by atoms with van der Waals surface area (Å²) in [5, 5.41) is 17.2. The zero-order valence-electron chi connectivity index (χ0n) is 16.1. The van der Waals surface area contributed by atoms with Crippen LogP contribution in [0.4, 0.5) is 0 Å². The van der Waals surface area contributed by atoms with Crippen LogP contribution in [0, 0.1) is 0 Å². The van der Waals surface area contributed by atoms with E-state index >= 15 is 0 Å². The van der Waals surface area contributed by atoms with Crippen molar-refractivity contribution < 1.29 is 5.11 Å². The highest BCUT2D eigenvalue weighted by molar-refractivity contribution is 5.80. The second-order valence-corrected chi connectivity index (χ2v) is 6.76. The zero-order valence-corrected chi connectivity index (χ0v) is 16.1. The van der Waals surface area contributed by atoms with Gasteiger partial charge in [-0.05, 0) is 31.5 Å². The molecule has 0 saturated heterocycles. The minimum Gasteiger partial charge on any atom is -0.384 e. The first-order valence-corrected chi connectivity index (χ1v) is 9.21. The standard InChI is InChI=1S/C21H27N5O/c1-4-22-20(24-15-21(2,27)16-10-6-5-7-11-16)23-14-19-25-17-12-8-9-13-18(17)26(19)3/h5-13,27H,4,14-15H2,1-3H3,(H2,22,23,24). The molecule has 1 unspecified atom stereocenters. The quantitative estimate of drug-likeness (QED) is 0.464. The molecule has 0 bridgehead atoms. The van der Waals surface area contributed by atoms with Gasteiger partial charge in [-0.1, -0.05) is 42.5 Å². The van der Waals surface area contributed by atoms with Gasteiger partial charge in [-0.15, -0.1) is 0 Å². The Bertz CT molecular complexity index is 915. The van der Waals surface area contributed by atoms with Gasteiger partial charge in [0.2, 0.25) is 0 Å². The van der Waals surface area contributed by atoms with Gasteiger partial charge in [0.15, 0.2) is 5.96 Å². The van der Waals surface area contributed by atoms with Gasteiger partial charge in [0.05, 0.1) is 17.6 Å². The fourth-order valence-corrected chi connectivity index (χ4v) is 2.98. The Balaban J connectivity index is 1.72. The first-order chi connectivity index (χ1) is 13.0. The summed E-state index contributed by atoms with van der Waals surface area (Å²) >= 11 is 0. The lowest BCUT2D eigenvalue weighted by atomic mass is 9.96. The zero-order chi connectivity index (χ0) is 19.3. The molecule has 2 aromatic carbocycles. The highest BCUT2D eigenvalue weighted by Crippen LogP contribution is 2.19. The first-order valence-electron chi connectivity index (χ1n) is 9.21. The molecule has 0 saturated carbocycles. The van der Waals surface area contributed by atoms with Crippen LogP contribution in [0.3, 0.4) is 0 Å². The van der Waals surface area contributed by atoms with Gasteiger partial charge in [0, 0.05) is 13.6 Å². The second-order valence-electron chi connectivity index (χ2n) is 6.76. The molecule has 0 fully saturated rings. The van der Waals surface area contributed by atoms with Gasteiger partial charge in [-0.2, -0.15) is 0 Å². The second kappa shape index (κ2) is 8.22. The van der Waals surface area contributed by atoms with Gasteiger partial charge in [-0.3, -0.25) is 0 Å². The number of hydrogen-bond donors (Lipinski definition) is 3. The van der Waals surface area contributed by atoms with Crippen molar-refractivity contribution in [2.24, 2.45) is 12.0 Å². The summed E-state index contributed by atoms with van der Waals surface area (Å²) in [5.41, 5.74) is 1.93. The Morgan fingerprint density at radius 2 is 1.81 bits per heavy atom. The van der Waals surface area contributed by atoms with Gasteiger partial charge in [-0.25, -0.2) is 9.98 Å². The number of rotatable bonds is 6. The molecule has 0 aliphatic heterocycles. The summed E-state index contributed by atoms with van der Waals surface area (Å²) < 4.78 is 2.06. The Kier molecular flexibility index (Phi) is 5.76. The number of fused-ring (bicyclic) bond motifs is 1. The van der Waals surface area contributed by atoms with Crippen molar-refractivity contribution in [2.45, 2.75) is 26.0 Å². The summed E-state index contributed by atoms with van der Waals surface area (Å²) in [7, 11) is 2.00. The average Bonchev–Trinajstić information content (AvgIpc) is 3.01. The topological polar surface area (TPSA) is 74.5 Å². The number of nitrogens with zero attached hydrogens (tertiary/aromatic N) is 3. The summed E-state index contributed by atoms with van der Waals surface area (Å²) in [4.78, 5) is 9.29. The van der Waals surface area contributed by atoms with Gasteiger partial charge < -0.3 is 20.3 Å². The fourth-order valence-electron chi connectivity index (χ4n) is 2.98. The SMILES string of the molecule is CCNC(=NCc1nc2ccccc2n1C)NCC(C)(O)c1ccccc1. The van der Waals surface area contributed by atoms with E-state index in [9.17, 15) is 5.11 Å². The molecule has 0 radical (unpaired) electrons. The van der Waals surface area contributed by atoms with Crippen LogP contribution in [0.25, 0.3) is 11.0 Å². The molecule has 3 rings (SSSR count). The molecule has 0 aliphatic rings. The Morgan fingerprint density at radius 3 is 2.52 bits per heavy atom. The van der Waals surface area contributed by atoms with Crippen LogP contribution in [-0.4, -0.2) is 33.7 Å². The summed E-state index contributed by atoms with van der Waals surface area (Å²) in [5.74, 6) is 1.55. The number of aliphatic hydroxyl groups is 1. The smallest absolute Gasteiger partial charge is 0.191 e. The van der Waals surface area contributed by atoms with Crippen LogP contribution in [-0.2, 0) is 19.2 Å². The number of para-hydroxylation sites is 2. The van der Waals surface area contributed by atoms with Crippen molar-refractivity contribution in [3.63, 3.8) is 0 Å². The van der Waals surface area contributed by atoms with E-state index in [1.807, 2.05) is 62.5 Å². The fraction of sp³-hybridized carbons (Fsp3) is 0.333. The first kappa shape index (κ1) is 18.9. The van der Waals surface area contributed by atoms with Crippen molar-refractivity contribution in [1.82, 2.24) is 20.2 Å². The number of imidazole rings is 1. The third-order valence-corrected chi connectivity index (χ3v) is 4.60. The number of guanidine groups is 1. The summed E-state index contributed by atoms with van der Waals surface area (Å²) in [6.07, 6.45) is 0. The largest absolute Gasteiger partial charge is 0.384 e. The minimum absolute atomic E-state index is 0.353. The van der Waals surface area contributed by atoms with Crippen molar-refractivity contribution >= 4 is 17.0 Å². The number of aliphatic imine (C=N–C) groups is 1. The molecule has 1 heterocycles. The molecular weight excluding hydrogens is 338 g/mol. The normalized spacial score (nSPS) is 14.1. The molecule has 3 aromatic rings. The maximum atomic E-state index is 10.8. The van der Waals surface area contributed by atoms with E-state index in [1.165, 1.54) is 0 Å². The minimum atomic E-state index is -0.991. The molecule has 1 aromatic heterocycles. The Morgan fingerprint density at radius 1 is 1.11 bits per heavy atom. The third-order valence-electron chi connectivity index (χ3n) is 4.60. The van der Waals surface area contributed by atoms with Crippen molar-refractivity contribution in [3.8, 4) is 0 Å². The highest BCUT2D eigenvalue weighted by atomic mass is 16.3. The van der Waals surface area contributed by atoms with E-state index < -0.39 is 5.60 Å². The molecule has 0 spiro atoms. The molecular formula is C21H27N5O. The Labute approximate surface area is 160 Å². The van der Waals surface area contributed by atoms with Crippen LogP contribution in [0.1, 0.15) is 25.2 Å². The lowest BCUT2D eigenvalue weighted by molar-refractivity contribution is 0.0617. The molecule has 1 atom stereocenters. The summed E-state index contributed by atoms with van der Waals surface area (Å²) in [6, 6.07) is 17.7. The van der Waals surface area contributed by atoms with Crippen LogP contribution >= 0.6 is 0 Å². The predicted molar refractivity (Wildman–Crippen MR) is 110 cm³/mol. The van der Waals surface area contributed by atoms with E-state index in [1.54, 1.807) is 6.92 Å². The molecule has 6 nitrogen and oxygen atoms in total. The van der Waals surface area contributed by atoms with Crippen LogP contribution in [0.2, 0.25) is 0 Å². The van der Waals surface area contributed by atoms with E-state index in [0.29, 0.717) is 19.0 Å². The molecule has 0 aliphatic carbocycles. The molecule has 142 valence electrons. The number of benzene rings is 2. The Hall–Kier alpha value is -2.86. The third kappa shape index (κ3) is 4.46. The molecule has 0 amide bonds. The van der Waals surface area contributed by atoms with Crippen LogP contribution in [0.5, 0.6) is 0 Å². The van der Waals surface area contributed by atoms with Gasteiger partial charge in [0.1, 0.15) is 18.0 Å². The number of aryl methyl sites for hydroxylation is 1. The van der Waals surface area contributed by atoms with Crippen molar-refractivity contribution in [1.29, 1.82) is 0 Å². The highest BCUT2D eigenvalue weighted by Gasteiger charge is 2.23.